The molecule has 0 saturated carbocycles. The summed E-state index contributed by atoms with van der Waals surface area (Å²) in [6.07, 6.45) is 1.47. The van der Waals surface area contributed by atoms with Gasteiger partial charge in [0.2, 0.25) is 0 Å². The molecule has 3 rings (SSSR count). The van der Waals surface area contributed by atoms with Gasteiger partial charge in [-0.2, -0.15) is 5.10 Å². The number of nitrogens with zero attached hydrogens (tertiary/aromatic N) is 1. The van der Waals surface area contributed by atoms with Gasteiger partial charge in [0.25, 0.3) is 11.8 Å². The smallest absolute Gasteiger partial charge is 0.287 e. The normalized spacial score (nSPS) is 10.3. The van der Waals surface area contributed by atoms with E-state index in [1.165, 1.54) is 12.3 Å². The molecule has 0 aliphatic rings. The van der Waals surface area contributed by atoms with Crippen LogP contribution in [0.15, 0.2) is 42.6 Å². The Labute approximate surface area is 147 Å². The Kier molecular flexibility index (Phi) is 4.71. The van der Waals surface area contributed by atoms with Gasteiger partial charge in [0.1, 0.15) is 17.1 Å². The average molecular weight is 360 g/mol. The van der Waals surface area contributed by atoms with Crippen LogP contribution in [-0.4, -0.2) is 34.1 Å². The molecule has 0 atom stereocenters. The molecular weight excluding hydrogens is 346 g/mol. The van der Waals surface area contributed by atoms with E-state index in [1.54, 1.807) is 25.3 Å². The Balaban J connectivity index is 1.63. The van der Waals surface area contributed by atoms with Gasteiger partial charge in [-0.15, -0.1) is 0 Å². The number of carbonyl (C=O) groups is 2. The fraction of sp³-hybridized carbons (Fsp3) is 0.0625. The van der Waals surface area contributed by atoms with E-state index < -0.39 is 11.8 Å². The van der Waals surface area contributed by atoms with Crippen molar-refractivity contribution in [3.05, 3.63) is 59.0 Å². The van der Waals surface area contributed by atoms with Crippen LogP contribution in [0.1, 0.15) is 21.0 Å². The minimum atomic E-state index is -0.529. The van der Waals surface area contributed by atoms with Crippen LogP contribution < -0.4 is 15.6 Å². The molecule has 1 aromatic carbocycles. The molecule has 2 aromatic heterocycles. The summed E-state index contributed by atoms with van der Waals surface area (Å²) in [5.41, 5.74) is 6.43. The van der Waals surface area contributed by atoms with Gasteiger partial charge in [-0.1, -0.05) is 11.6 Å². The van der Waals surface area contributed by atoms with Gasteiger partial charge >= 0.3 is 0 Å². The summed E-state index contributed by atoms with van der Waals surface area (Å²) in [5, 5.41) is 7.11. The van der Waals surface area contributed by atoms with E-state index in [0.717, 1.165) is 11.3 Å². The van der Waals surface area contributed by atoms with Gasteiger partial charge in [0.05, 0.1) is 17.8 Å². The second-order valence-corrected chi connectivity index (χ2v) is 5.47. The first-order valence-corrected chi connectivity index (χ1v) is 7.59. The highest BCUT2D eigenvalue weighted by molar-refractivity contribution is 6.30. The third-order valence-electron chi connectivity index (χ3n) is 3.39. The standard InChI is InChI=1S/C16H14ClN5O3/c1-25-11-4-2-9(3-5-11)12-7-14(20-19-12)16(24)22-21-15(23)13-6-10(17)8-18-13/h2-8,18H,1H3,(H,19,20)(H,21,23)(H,22,24). The number of hydrazine groups is 1. The number of hydrogen-bond donors (Lipinski definition) is 4. The number of rotatable bonds is 4. The number of amides is 2. The van der Waals surface area contributed by atoms with Crippen molar-refractivity contribution in [1.29, 1.82) is 0 Å². The Morgan fingerprint density at radius 1 is 1.08 bits per heavy atom. The number of carbonyl (C=O) groups excluding carboxylic acids is 2. The lowest BCUT2D eigenvalue weighted by atomic mass is 10.1. The van der Waals surface area contributed by atoms with Crippen molar-refractivity contribution in [2.75, 3.05) is 7.11 Å². The number of hydrogen-bond acceptors (Lipinski definition) is 4. The maximum Gasteiger partial charge on any atom is 0.287 e. The maximum atomic E-state index is 12.1. The molecule has 0 bridgehead atoms. The van der Waals surface area contributed by atoms with Crippen molar-refractivity contribution < 1.29 is 14.3 Å². The summed E-state index contributed by atoms with van der Waals surface area (Å²) >= 11 is 5.72. The molecule has 0 spiro atoms. The molecule has 0 aliphatic heterocycles. The molecule has 3 aromatic rings. The maximum absolute atomic E-state index is 12.1. The van der Waals surface area contributed by atoms with Crippen LogP contribution in [-0.2, 0) is 0 Å². The second kappa shape index (κ2) is 7.10. The molecule has 0 saturated heterocycles. The van der Waals surface area contributed by atoms with Crippen molar-refractivity contribution in [3.8, 4) is 17.0 Å². The summed E-state index contributed by atoms with van der Waals surface area (Å²) in [7, 11) is 1.58. The molecule has 128 valence electrons. The molecule has 0 aliphatic carbocycles. The Morgan fingerprint density at radius 2 is 1.76 bits per heavy atom. The summed E-state index contributed by atoms with van der Waals surface area (Å²) in [6.45, 7) is 0. The fourth-order valence-electron chi connectivity index (χ4n) is 2.09. The number of ether oxygens (including phenoxy) is 1. The third-order valence-corrected chi connectivity index (χ3v) is 3.61. The molecule has 2 amide bonds. The average Bonchev–Trinajstić information content (AvgIpc) is 3.29. The Morgan fingerprint density at radius 3 is 2.36 bits per heavy atom. The molecule has 0 unspecified atom stereocenters. The Hall–Kier alpha value is -3.26. The first-order chi connectivity index (χ1) is 12.1. The van der Waals surface area contributed by atoms with E-state index >= 15 is 0 Å². The van der Waals surface area contributed by atoms with E-state index in [0.29, 0.717) is 10.7 Å². The quantitative estimate of drug-likeness (QED) is 0.534. The van der Waals surface area contributed by atoms with Crippen LogP contribution in [0.25, 0.3) is 11.3 Å². The predicted molar refractivity (Wildman–Crippen MR) is 91.3 cm³/mol. The van der Waals surface area contributed by atoms with Crippen LogP contribution in [0.4, 0.5) is 0 Å². The van der Waals surface area contributed by atoms with Crippen molar-refractivity contribution in [3.63, 3.8) is 0 Å². The third kappa shape index (κ3) is 3.81. The molecule has 25 heavy (non-hydrogen) atoms. The summed E-state index contributed by atoms with van der Waals surface area (Å²) < 4.78 is 5.10. The van der Waals surface area contributed by atoms with Crippen molar-refractivity contribution >= 4 is 23.4 Å². The highest BCUT2D eigenvalue weighted by Gasteiger charge is 2.13. The highest BCUT2D eigenvalue weighted by atomic mass is 35.5. The number of nitrogens with one attached hydrogen (secondary N) is 4. The van der Waals surface area contributed by atoms with E-state index in [-0.39, 0.29) is 11.4 Å². The van der Waals surface area contributed by atoms with Crippen molar-refractivity contribution in [2.24, 2.45) is 0 Å². The number of H-pyrrole nitrogens is 2. The molecule has 9 heteroatoms. The molecule has 8 nitrogen and oxygen atoms in total. The SMILES string of the molecule is COc1ccc(-c2cc(C(=O)NNC(=O)c3cc(Cl)c[nH]3)[nH]n2)cc1. The van der Waals surface area contributed by atoms with Gasteiger partial charge in [0, 0.05) is 11.8 Å². The molecule has 2 heterocycles. The van der Waals surface area contributed by atoms with Crippen LogP contribution in [0.5, 0.6) is 5.75 Å². The Bertz CT molecular complexity index is 901. The van der Waals surface area contributed by atoms with Gasteiger partial charge in [0.15, 0.2) is 0 Å². The summed E-state index contributed by atoms with van der Waals surface area (Å²) in [6, 6.07) is 10.3. The molecule has 4 N–H and O–H groups in total. The topological polar surface area (TPSA) is 112 Å². The minimum absolute atomic E-state index is 0.204. The first kappa shape index (κ1) is 16.6. The minimum Gasteiger partial charge on any atom is -0.497 e. The molecule has 0 fully saturated rings. The van der Waals surface area contributed by atoms with Gasteiger partial charge in [-0.3, -0.25) is 25.5 Å². The van der Waals surface area contributed by atoms with Crippen LogP contribution >= 0.6 is 11.6 Å². The zero-order valence-corrected chi connectivity index (χ0v) is 13.8. The largest absolute Gasteiger partial charge is 0.497 e. The van der Waals surface area contributed by atoms with Crippen LogP contribution in [0.2, 0.25) is 5.02 Å². The van der Waals surface area contributed by atoms with Crippen LogP contribution in [0.3, 0.4) is 0 Å². The van der Waals surface area contributed by atoms with Crippen LogP contribution in [0, 0.1) is 0 Å². The second-order valence-electron chi connectivity index (χ2n) is 5.04. The van der Waals surface area contributed by atoms with Crippen molar-refractivity contribution in [1.82, 2.24) is 26.0 Å². The van der Waals surface area contributed by atoms with E-state index in [9.17, 15) is 9.59 Å². The highest BCUT2D eigenvalue weighted by Crippen LogP contribution is 2.21. The van der Waals surface area contributed by atoms with E-state index in [2.05, 4.69) is 26.0 Å². The zero-order chi connectivity index (χ0) is 17.8. The van der Waals surface area contributed by atoms with E-state index in [4.69, 9.17) is 16.3 Å². The summed E-state index contributed by atoms with van der Waals surface area (Å²) in [4.78, 5) is 26.6. The monoisotopic (exact) mass is 359 g/mol. The molecule has 0 radical (unpaired) electrons. The predicted octanol–water partition coefficient (Wildman–Crippen LogP) is 2.14. The number of benzene rings is 1. The van der Waals surface area contributed by atoms with Crippen molar-refractivity contribution in [2.45, 2.75) is 0 Å². The van der Waals surface area contributed by atoms with Gasteiger partial charge in [-0.25, -0.2) is 0 Å². The number of halogens is 1. The number of aromatic amines is 2. The fourth-order valence-corrected chi connectivity index (χ4v) is 2.26. The lowest BCUT2D eigenvalue weighted by Gasteiger charge is -2.04. The lowest BCUT2D eigenvalue weighted by molar-refractivity contribution is 0.0841. The van der Waals surface area contributed by atoms with Gasteiger partial charge < -0.3 is 9.72 Å². The summed E-state index contributed by atoms with van der Waals surface area (Å²) in [5.74, 6) is -0.321. The van der Waals surface area contributed by atoms with E-state index in [1.807, 2.05) is 12.1 Å². The molecular formula is C16H14ClN5O3. The first-order valence-electron chi connectivity index (χ1n) is 7.21. The number of methoxy groups -OCH3 is 1. The zero-order valence-electron chi connectivity index (χ0n) is 13.1. The van der Waals surface area contributed by atoms with Gasteiger partial charge in [-0.05, 0) is 36.4 Å². The lowest BCUT2D eigenvalue weighted by Crippen LogP contribution is -2.41. The number of aromatic nitrogens is 3.